The molecule has 0 saturated heterocycles. The maximum Gasteiger partial charge on any atom is 0.329 e. The van der Waals surface area contributed by atoms with Gasteiger partial charge < -0.3 is 15.7 Å². The van der Waals surface area contributed by atoms with Crippen molar-refractivity contribution in [1.82, 2.24) is 10.6 Å². The summed E-state index contributed by atoms with van der Waals surface area (Å²) < 4.78 is 0. The van der Waals surface area contributed by atoms with Gasteiger partial charge in [-0.25, -0.2) is 9.59 Å². The number of carboxylic acids is 1. The van der Waals surface area contributed by atoms with E-state index >= 15 is 0 Å². The fourth-order valence-corrected chi connectivity index (χ4v) is 3.56. The Hall–Kier alpha value is -1.26. The molecule has 2 amide bonds. The van der Waals surface area contributed by atoms with Gasteiger partial charge in [-0.1, -0.05) is 32.6 Å². The molecule has 2 aliphatic carbocycles. The molecule has 2 fully saturated rings. The van der Waals surface area contributed by atoms with Gasteiger partial charge >= 0.3 is 12.0 Å². The summed E-state index contributed by atoms with van der Waals surface area (Å²) in [5, 5.41) is 15.0. The van der Waals surface area contributed by atoms with Crippen LogP contribution >= 0.6 is 0 Å². The highest BCUT2D eigenvalue weighted by molar-refractivity contribution is 5.86. The van der Waals surface area contributed by atoms with Crippen molar-refractivity contribution in [3.05, 3.63) is 0 Å². The Morgan fingerprint density at radius 2 is 1.90 bits per heavy atom. The molecule has 2 aliphatic rings. The highest BCUT2D eigenvalue weighted by Gasteiger charge is 2.41. The van der Waals surface area contributed by atoms with Crippen molar-refractivity contribution in [1.29, 1.82) is 0 Å². The molecule has 114 valence electrons. The molecule has 0 radical (unpaired) electrons. The van der Waals surface area contributed by atoms with Crippen LogP contribution in [0.2, 0.25) is 0 Å². The number of aliphatic carboxylic acids is 1. The molecule has 2 rings (SSSR count). The predicted octanol–water partition coefficient (Wildman–Crippen LogP) is 2.51. The van der Waals surface area contributed by atoms with Gasteiger partial charge in [0.05, 0.1) is 0 Å². The van der Waals surface area contributed by atoms with Crippen LogP contribution in [0.25, 0.3) is 0 Å². The van der Waals surface area contributed by atoms with Crippen LogP contribution in [0.1, 0.15) is 58.3 Å². The van der Waals surface area contributed by atoms with Gasteiger partial charge in [-0.3, -0.25) is 0 Å². The summed E-state index contributed by atoms with van der Waals surface area (Å²) in [5.41, 5.74) is -1.05. The first-order valence-electron chi connectivity index (χ1n) is 7.81. The average Bonchev–Trinajstić information content (AvgIpc) is 2.83. The van der Waals surface area contributed by atoms with Crippen LogP contribution in [-0.4, -0.2) is 29.2 Å². The highest BCUT2D eigenvalue weighted by Crippen LogP contribution is 2.30. The van der Waals surface area contributed by atoms with Gasteiger partial charge in [0.2, 0.25) is 0 Å². The Morgan fingerprint density at radius 1 is 1.20 bits per heavy atom. The zero-order valence-electron chi connectivity index (χ0n) is 12.3. The topological polar surface area (TPSA) is 78.4 Å². The minimum Gasteiger partial charge on any atom is -0.480 e. The van der Waals surface area contributed by atoms with E-state index in [2.05, 4.69) is 17.6 Å². The highest BCUT2D eigenvalue weighted by atomic mass is 16.4. The number of urea groups is 1. The number of carbonyl (C=O) groups is 2. The van der Waals surface area contributed by atoms with E-state index in [-0.39, 0.29) is 6.03 Å². The van der Waals surface area contributed by atoms with Crippen molar-refractivity contribution in [3.8, 4) is 0 Å². The second-order valence-electron chi connectivity index (χ2n) is 6.57. The van der Waals surface area contributed by atoms with Crippen LogP contribution in [0.5, 0.6) is 0 Å². The van der Waals surface area contributed by atoms with E-state index in [1.165, 1.54) is 6.42 Å². The number of carboxylic acid groups (broad SMARTS) is 1. The summed E-state index contributed by atoms with van der Waals surface area (Å²) in [5.74, 6) is 0.387. The summed E-state index contributed by atoms with van der Waals surface area (Å²) >= 11 is 0. The monoisotopic (exact) mass is 282 g/mol. The standard InChI is InChI=1S/C15H26N2O3/c1-11-5-6-12(9-11)10-16-14(20)17-15(13(18)19)7-3-2-4-8-15/h11-12H,2-10H2,1H3,(H,18,19)(H2,16,17,20). The number of carbonyl (C=O) groups excluding carboxylic acids is 1. The summed E-state index contributed by atoms with van der Waals surface area (Å²) in [7, 11) is 0. The Bertz CT molecular complexity index is 364. The molecule has 0 aromatic rings. The smallest absolute Gasteiger partial charge is 0.329 e. The fraction of sp³-hybridized carbons (Fsp3) is 0.867. The lowest BCUT2D eigenvalue weighted by molar-refractivity contribution is -0.145. The number of nitrogens with one attached hydrogen (secondary N) is 2. The lowest BCUT2D eigenvalue weighted by atomic mass is 9.82. The van der Waals surface area contributed by atoms with E-state index < -0.39 is 11.5 Å². The average molecular weight is 282 g/mol. The Morgan fingerprint density at radius 3 is 2.45 bits per heavy atom. The van der Waals surface area contributed by atoms with E-state index in [1.54, 1.807) is 0 Å². The zero-order chi connectivity index (χ0) is 14.6. The molecular formula is C15H26N2O3. The molecule has 0 aromatic carbocycles. The van der Waals surface area contributed by atoms with Crippen molar-refractivity contribution in [3.63, 3.8) is 0 Å². The summed E-state index contributed by atoms with van der Waals surface area (Å²) in [4.78, 5) is 23.4. The van der Waals surface area contributed by atoms with Crippen molar-refractivity contribution in [2.45, 2.75) is 63.8 Å². The van der Waals surface area contributed by atoms with Crippen molar-refractivity contribution >= 4 is 12.0 Å². The maximum absolute atomic E-state index is 12.0. The second-order valence-corrected chi connectivity index (χ2v) is 6.57. The first-order chi connectivity index (χ1) is 9.52. The molecular weight excluding hydrogens is 256 g/mol. The lowest BCUT2D eigenvalue weighted by Gasteiger charge is -2.34. The third-order valence-electron chi connectivity index (χ3n) is 4.82. The Kier molecular flexibility index (Phi) is 4.89. The summed E-state index contributed by atoms with van der Waals surface area (Å²) in [6.07, 6.45) is 7.41. The molecule has 0 heterocycles. The molecule has 0 bridgehead atoms. The van der Waals surface area contributed by atoms with E-state index in [4.69, 9.17) is 0 Å². The van der Waals surface area contributed by atoms with Crippen LogP contribution in [0, 0.1) is 11.8 Å². The molecule has 5 nitrogen and oxygen atoms in total. The van der Waals surface area contributed by atoms with Crippen LogP contribution < -0.4 is 10.6 Å². The Balaban J connectivity index is 1.81. The Labute approximate surface area is 120 Å². The molecule has 20 heavy (non-hydrogen) atoms. The van der Waals surface area contributed by atoms with Gasteiger partial charge in [0, 0.05) is 6.54 Å². The molecule has 3 N–H and O–H groups in total. The first-order valence-corrected chi connectivity index (χ1v) is 7.81. The molecule has 2 saturated carbocycles. The largest absolute Gasteiger partial charge is 0.480 e. The van der Waals surface area contributed by atoms with Crippen LogP contribution in [0.15, 0.2) is 0 Å². The quantitative estimate of drug-likeness (QED) is 0.741. The van der Waals surface area contributed by atoms with Crippen molar-refractivity contribution in [2.24, 2.45) is 11.8 Å². The van der Waals surface area contributed by atoms with Crippen LogP contribution in [0.4, 0.5) is 4.79 Å². The summed E-state index contributed by atoms with van der Waals surface area (Å²) in [6, 6.07) is -0.325. The van der Waals surface area contributed by atoms with Gasteiger partial charge in [-0.2, -0.15) is 0 Å². The normalized spacial score (nSPS) is 28.9. The van der Waals surface area contributed by atoms with Crippen molar-refractivity contribution in [2.75, 3.05) is 6.54 Å². The first kappa shape index (κ1) is 15.1. The number of hydrogen-bond donors (Lipinski definition) is 3. The van der Waals surface area contributed by atoms with E-state index in [1.807, 2.05) is 0 Å². The zero-order valence-corrected chi connectivity index (χ0v) is 12.3. The molecule has 2 atom stereocenters. The predicted molar refractivity (Wildman–Crippen MR) is 76.5 cm³/mol. The molecule has 0 aromatic heterocycles. The van der Waals surface area contributed by atoms with Gasteiger partial charge in [0.25, 0.3) is 0 Å². The third-order valence-corrected chi connectivity index (χ3v) is 4.82. The lowest BCUT2D eigenvalue weighted by Crippen LogP contribution is -2.58. The molecule has 0 aliphatic heterocycles. The maximum atomic E-state index is 12.0. The minimum atomic E-state index is -1.05. The van der Waals surface area contributed by atoms with Crippen molar-refractivity contribution < 1.29 is 14.7 Å². The van der Waals surface area contributed by atoms with E-state index in [0.29, 0.717) is 25.3 Å². The van der Waals surface area contributed by atoms with Crippen LogP contribution in [0.3, 0.4) is 0 Å². The number of rotatable bonds is 4. The SMILES string of the molecule is CC1CCC(CNC(=O)NC2(C(=O)O)CCCCC2)C1. The van der Waals surface area contributed by atoms with E-state index in [9.17, 15) is 14.7 Å². The number of hydrogen-bond acceptors (Lipinski definition) is 2. The molecule has 5 heteroatoms. The molecule has 0 spiro atoms. The van der Waals surface area contributed by atoms with Gasteiger partial charge in [0.1, 0.15) is 5.54 Å². The van der Waals surface area contributed by atoms with Gasteiger partial charge in [0.15, 0.2) is 0 Å². The van der Waals surface area contributed by atoms with Gasteiger partial charge in [-0.15, -0.1) is 0 Å². The van der Waals surface area contributed by atoms with E-state index in [0.717, 1.165) is 38.0 Å². The van der Waals surface area contributed by atoms with Gasteiger partial charge in [-0.05, 0) is 37.5 Å². The van der Waals surface area contributed by atoms with Crippen LogP contribution in [-0.2, 0) is 4.79 Å². The third kappa shape index (κ3) is 3.64. The number of amides is 2. The fourth-order valence-electron chi connectivity index (χ4n) is 3.56. The minimum absolute atomic E-state index is 0.325. The molecule has 2 unspecified atom stereocenters. The summed E-state index contributed by atoms with van der Waals surface area (Å²) in [6.45, 7) is 2.90. The second kappa shape index (κ2) is 6.46.